The van der Waals surface area contributed by atoms with Crippen LogP contribution in [0.25, 0.3) is 0 Å². The molecule has 0 aromatic heterocycles. The Morgan fingerprint density at radius 2 is 1.60 bits per heavy atom. The fourth-order valence-electron chi connectivity index (χ4n) is 2.31. The van der Waals surface area contributed by atoms with E-state index in [9.17, 15) is 14.4 Å². The van der Waals surface area contributed by atoms with E-state index < -0.39 is 23.8 Å². The molecule has 1 aromatic rings. The molecule has 1 atom stereocenters. The lowest BCUT2D eigenvalue weighted by molar-refractivity contribution is -0.136. The van der Waals surface area contributed by atoms with Gasteiger partial charge < -0.3 is 4.90 Å². The van der Waals surface area contributed by atoms with Crippen LogP contribution in [-0.2, 0) is 9.59 Å². The number of imide groups is 2. The predicted octanol–water partition coefficient (Wildman–Crippen LogP) is 0.662. The summed E-state index contributed by atoms with van der Waals surface area (Å²) in [6.45, 7) is 0. The molecule has 6 nitrogen and oxygen atoms in total. The average Bonchev–Trinajstić information content (AvgIpc) is 2.38. The molecule has 1 saturated heterocycles. The summed E-state index contributed by atoms with van der Waals surface area (Å²) in [5.74, 6) is -1.94. The van der Waals surface area contributed by atoms with Crippen LogP contribution < -0.4 is 10.6 Å². The first-order valence-corrected chi connectivity index (χ1v) is 6.36. The highest BCUT2D eigenvalue weighted by molar-refractivity contribution is 6.16. The predicted molar refractivity (Wildman–Crippen MR) is 72.7 cm³/mol. The molecule has 0 spiro atoms. The van der Waals surface area contributed by atoms with Crippen molar-refractivity contribution in [3.63, 3.8) is 0 Å². The molecule has 1 aromatic carbocycles. The zero-order valence-electron chi connectivity index (χ0n) is 11.4. The van der Waals surface area contributed by atoms with Crippen molar-refractivity contribution < 1.29 is 14.4 Å². The van der Waals surface area contributed by atoms with E-state index in [2.05, 4.69) is 10.6 Å². The fourth-order valence-corrected chi connectivity index (χ4v) is 2.31. The topological polar surface area (TPSA) is 78.5 Å². The number of hydrogen-bond acceptors (Lipinski definition) is 4. The summed E-state index contributed by atoms with van der Waals surface area (Å²) in [7, 11) is 3.78. The second-order valence-electron chi connectivity index (χ2n) is 4.99. The standard InChI is InChI=1S/C14H17N3O3/c1-17(2)11(9-6-4-3-5-7-9)8-10-12(18)15-14(20)16-13(10)19/h3-7,10-11H,8H2,1-2H3,(H2,15,16,18,19,20)/t11-/m1/s1. The zero-order valence-corrected chi connectivity index (χ0v) is 11.4. The monoisotopic (exact) mass is 275 g/mol. The third kappa shape index (κ3) is 3.03. The highest BCUT2D eigenvalue weighted by atomic mass is 16.2. The molecule has 1 aliphatic heterocycles. The number of hydrogen-bond donors (Lipinski definition) is 2. The Morgan fingerprint density at radius 3 is 2.10 bits per heavy atom. The lowest BCUT2D eigenvalue weighted by Crippen LogP contribution is -2.56. The van der Waals surface area contributed by atoms with Gasteiger partial charge in [-0.05, 0) is 26.1 Å². The van der Waals surface area contributed by atoms with Gasteiger partial charge in [0.1, 0.15) is 5.92 Å². The number of barbiturate groups is 1. The molecule has 0 bridgehead atoms. The Morgan fingerprint density at radius 1 is 1.05 bits per heavy atom. The summed E-state index contributed by atoms with van der Waals surface area (Å²) < 4.78 is 0. The van der Waals surface area contributed by atoms with Crippen molar-refractivity contribution in [3.05, 3.63) is 35.9 Å². The number of nitrogens with zero attached hydrogens (tertiary/aromatic N) is 1. The van der Waals surface area contributed by atoms with Gasteiger partial charge >= 0.3 is 6.03 Å². The van der Waals surface area contributed by atoms with E-state index in [1.807, 2.05) is 49.3 Å². The van der Waals surface area contributed by atoms with Crippen LogP contribution in [0.4, 0.5) is 4.79 Å². The number of nitrogens with one attached hydrogen (secondary N) is 2. The summed E-state index contributed by atoms with van der Waals surface area (Å²) in [6.07, 6.45) is 0.321. The van der Waals surface area contributed by atoms with Gasteiger partial charge in [0.2, 0.25) is 11.8 Å². The van der Waals surface area contributed by atoms with Crippen LogP contribution in [0.5, 0.6) is 0 Å². The van der Waals surface area contributed by atoms with Crippen molar-refractivity contribution in [3.8, 4) is 0 Å². The highest BCUT2D eigenvalue weighted by Crippen LogP contribution is 2.26. The number of rotatable bonds is 4. The molecule has 0 unspecified atom stereocenters. The van der Waals surface area contributed by atoms with E-state index in [1.54, 1.807) is 0 Å². The van der Waals surface area contributed by atoms with Crippen LogP contribution >= 0.6 is 0 Å². The van der Waals surface area contributed by atoms with E-state index in [0.29, 0.717) is 6.42 Å². The molecule has 0 radical (unpaired) electrons. The maximum atomic E-state index is 11.8. The maximum absolute atomic E-state index is 11.8. The third-order valence-corrected chi connectivity index (χ3v) is 3.37. The van der Waals surface area contributed by atoms with E-state index in [1.165, 1.54) is 0 Å². The van der Waals surface area contributed by atoms with Gasteiger partial charge in [-0.15, -0.1) is 0 Å². The number of carbonyl (C=O) groups is 3. The molecule has 6 heteroatoms. The van der Waals surface area contributed by atoms with Gasteiger partial charge in [0, 0.05) is 6.04 Å². The minimum absolute atomic E-state index is 0.0779. The molecule has 1 aliphatic rings. The first-order valence-electron chi connectivity index (χ1n) is 6.36. The Hall–Kier alpha value is -2.21. The Bertz CT molecular complexity index is 508. The minimum atomic E-state index is -0.861. The van der Waals surface area contributed by atoms with Gasteiger partial charge in [0.05, 0.1) is 0 Å². The summed E-state index contributed by atoms with van der Waals surface area (Å²) in [5.41, 5.74) is 1.02. The zero-order chi connectivity index (χ0) is 14.7. The Balaban J connectivity index is 2.19. The summed E-state index contributed by atoms with van der Waals surface area (Å²) in [6, 6.07) is 8.81. The van der Waals surface area contributed by atoms with Gasteiger partial charge in [-0.3, -0.25) is 20.2 Å². The normalized spacial score (nSPS) is 17.9. The number of urea groups is 1. The molecular weight excluding hydrogens is 258 g/mol. The fraction of sp³-hybridized carbons (Fsp3) is 0.357. The smallest absolute Gasteiger partial charge is 0.302 e. The van der Waals surface area contributed by atoms with E-state index >= 15 is 0 Å². The van der Waals surface area contributed by atoms with Crippen LogP contribution in [0, 0.1) is 5.92 Å². The number of carbonyl (C=O) groups excluding carboxylic acids is 3. The molecule has 1 fully saturated rings. The minimum Gasteiger partial charge on any atom is -0.302 e. The third-order valence-electron chi connectivity index (χ3n) is 3.37. The summed E-state index contributed by atoms with van der Waals surface area (Å²) in [4.78, 5) is 36.6. The van der Waals surface area contributed by atoms with Crippen LogP contribution in [0.3, 0.4) is 0 Å². The van der Waals surface area contributed by atoms with Crippen LogP contribution in [0.1, 0.15) is 18.0 Å². The van der Waals surface area contributed by atoms with Crippen LogP contribution in [0.15, 0.2) is 30.3 Å². The second kappa shape index (κ2) is 5.83. The van der Waals surface area contributed by atoms with Crippen molar-refractivity contribution in [2.45, 2.75) is 12.5 Å². The lowest BCUT2D eigenvalue weighted by Gasteiger charge is -2.29. The molecule has 2 N–H and O–H groups in total. The Labute approximate surface area is 117 Å². The quantitative estimate of drug-likeness (QED) is 0.791. The molecule has 4 amide bonds. The van der Waals surface area contributed by atoms with Gasteiger partial charge in [-0.2, -0.15) is 0 Å². The average molecular weight is 275 g/mol. The number of amides is 4. The largest absolute Gasteiger partial charge is 0.328 e. The van der Waals surface area contributed by atoms with Crippen molar-refractivity contribution in [1.29, 1.82) is 0 Å². The molecule has 0 saturated carbocycles. The highest BCUT2D eigenvalue weighted by Gasteiger charge is 2.36. The van der Waals surface area contributed by atoms with Crippen molar-refractivity contribution in [2.24, 2.45) is 5.92 Å². The lowest BCUT2D eigenvalue weighted by atomic mass is 9.92. The molecule has 2 rings (SSSR count). The van der Waals surface area contributed by atoms with E-state index in [4.69, 9.17) is 0 Å². The van der Waals surface area contributed by atoms with Crippen LogP contribution in [0.2, 0.25) is 0 Å². The van der Waals surface area contributed by atoms with Crippen molar-refractivity contribution in [2.75, 3.05) is 14.1 Å². The summed E-state index contributed by atoms with van der Waals surface area (Å²) in [5, 5.41) is 4.25. The molecule has 0 aliphatic carbocycles. The molecular formula is C14H17N3O3. The Kier molecular flexibility index (Phi) is 4.14. The summed E-state index contributed by atoms with van der Waals surface area (Å²) >= 11 is 0. The molecule has 20 heavy (non-hydrogen) atoms. The molecule has 1 heterocycles. The van der Waals surface area contributed by atoms with E-state index in [-0.39, 0.29) is 6.04 Å². The van der Waals surface area contributed by atoms with Crippen molar-refractivity contribution in [1.82, 2.24) is 15.5 Å². The number of benzene rings is 1. The second-order valence-corrected chi connectivity index (χ2v) is 4.99. The van der Waals surface area contributed by atoms with Gasteiger partial charge in [-0.25, -0.2) is 4.79 Å². The van der Waals surface area contributed by atoms with Gasteiger partial charge in [0.15, 0.2) is 0 Å². The SMILES string of the molecule is CN(C)[C@H](CC1C(=O)NC(=O)NC1=O)c1ccccc1. The maximum Gasteiger partial charge on any atom is 0.328 e. The van der Waals surface area contributed by atoms with Gasteiger partial charge in [0.25, 0.3) is 0 Å². The van der Waals surface area contributed by atoms with Crippen molar-refractivity contribution >= 4 is 17.8 Å². The molecule has 106 valence electrons. The van der Waals surface area contributed by atoms with Crippen LogP contribution in [-0.4, -0.2) is 36.8 Å². The van der Waals surface area contributed by atoms with Gasteiger partial charge in [-0.1, -0.05) is 30.3 Å². The first kappa shape index (κ1) is 14.2. The van der Waals surface area contributed by atoms with E-state index in [0.717, 1.165) is 5.56 Å². The first-order chi connectivity index (χ1) is 9.49.